The van der Waals surface area contributed by atoms with E-state index in [1.807, 2.05) is 54.6 Å². The lowest BCUT2D eigenvalue weighted by molar-refractivity contribution is 0.394. The van der Waals surface area contributed by atoms with Crippen molar-refractivity contribution in [3.05, 3.63) is 139 Å². The Balaban J connectivity index is 1.61. The highest BCUT2D eigenvalue weighted by atomic mass is 16.5. The Morgan fingerprint density at radius 3 is 1.71 bits per heavy atom. The Morgan fingerprint density at radius 2 is 1.13 bits per heavy atom. The first-order valence-corrected chi connectivity index (χ1v) is 12.6. The average molecular weight is 502 g/mol. The normalized spacial score (nSPS) is 12.3. The van der Waals surface area contributed by atoms with Gasteiger partial charge in [-0.2, -0.15) is 0 Å². The number of para-hydroxylation sites is 1. The van der Waals surface area contributed by atoms with E-state index in [1.54, 1.807) is 20.4 Å². The fraction of sp³-hybridized carbons (Fsp3) is 0.121. The molecule has 0 radical (unpaired) electrons. The van der Waals surface area contributed by atoms with E-state index in [-0.39, 0.29) is 12.1 Å². The Hall–Kier alpha value is -4.77. The summed E-state index contributed by atoms with van der Waals surface area (Å²) in [5.41, 5.74) is 5.36. The Morgan fingerprint density at radius 1 is 0.579 bits per heavy atom. The van der Waals surface area contributed by atoms with Crippen LogP contribution in [0, 0.1) is 0 Å². The van der Waals surface area contributed by atoms with Gasteiger partial charge in [-0.3, -0.25) is 0 Å². The molecule has 0 fully saturated rings. The number of benzene rings is 4. The highest BCUT2D eigenvalue weighted by Crippen LogP contribution is 2.39. The molecule has 0 spiro atoms. The van der Waals surface area contributed by atoms with Crippen LogP contribution in [0.25, 0.3) is 11.1 Å². The van der Waals surface area contributed by atoms with Crippen LogP contribution in [0.2, 0.25) is 0 Å². The highest BCUT2D eigenvalue weighted by Gasteiger charge is 2.26. The third-order valence-corrected chi connectivity index (χ3v) is 6.52. The molecule has 5 heteroatoms. The Kier molecular flexibility index (Phi) is 7.85. The van der Waals surface area contributed by atoms with Gasteiger partial charge in [-0.1, -0.05) is 84.9 Å². The Bertz CT molecular complexity index is 1420. The summed E-state index contributed by atoms with van der Waals surface area (Å²) in [5, 5.41) is 7.58. The molecule has 0 bridgehead atoms. The zero-order chi connectivity index (χ0) is 26.2. The van der Waals surface area contributed by atoms with Gasteiger partial charge in [0, 0.05) is 23.5 Å². The summed E-state index contributed by atoms with van der Waals surface area (Å²) in [6.45, 7) is 0. The minimum Gasteiger partial charge on any atom is -0.497 e. The van der Waals surface area contributed by atoms with E-state index in [9.17, 15) is 0 Å². The maximum absolute atomic E-state index is 5.55. The number of hydrogen-bond donors (Lipinski definition) is 2. The molecule has 1 aromatic heterocycles. The molecule has 0 saturated heterocycles. The van der Waals surface area contributed by atoms with Gasteiger partial charge >= 0.3 is 0 Å². The van der Waals surface area contributed by atoms with Gasteiger partial charge < -0.3 is 20.1 Å². The van der Waals surface area contributed by atoms with Crippen LogP contribution in [0.1, 0.15) is 23.2 Å². The number of aromatic nitrogens is 1. The van der Waals surface area contributed by atoms with Crippen LogP contribution in [0.4, 0.5) is 11.5 Å². The molecule has 0 saturated carbocycles. The number of anilines is 2. The van der Waals surface area contributed by atoms with E-state index in [4.69, 9.17) is 9.47 Å². The maximum atomic E-state index is 5.55. The van der Waals surface area contributed by atoms with Crippen molar-refractivity contribution in [3.8, 4) is 22.6 Å². The van der Waals surface area contributed by atoms with E-state index >= 15 is 0 Å². The first-order chi connectivity index (χ1) is 18.7. The van der Waals surface area contributed by atoms with Crippen molar-refractivity contribution in [3.63, 3.8) is 0 Å². The smallest absolute Gasteiger partial charge is 0.126 e. The predicted octanol–water partition coefficient (Wildman–Crippen LogP) is 7.77. The van der Waals surface area contributed by atoms with Crippen LogP contribution in [0.3, 0.4) is 0 Å². The third-order valence-electron chi connectivity index (χ3n) is 6.52. The fourth-order valence-electron chi connectivity index (χ4n) is 4.64. The van der Waals surface area contributed by atoms with Crippen molar-refractivity contribution in [1.82, 2.24) is 4.98 Å². The summed E-state index contributed by atoms with van der Waals surface area (Å²) in [5.74, 6) is 2.30. The van der Waals surface area contributed by atoms with Crippen LogP contribution < -0.4 is 20.1 Å². The van der Waals surface area contributed by atoms with Crippen molar-refractivity contribution in [2.75, 3.05) is 24.9 Å². The van der Waals surface area contributed by atoms with Gasteiger partial charge in [0.2, 0.25) is 0 Å². The predicted molar refractivity (Wildman–Crippen MR) is 155 cm³/mol. The molecular formula is C33H31N3O2. The average Bonchev–Trinajstić information content (AvgIpc) is 3.00. The lowest BCUT2D eigenvalue weighted by Crippen LogP contribution is -2.26. The van der Waals surface area contributed by atoms with Crippen molar-refractivity contribution in [2.45, 2.75) is 12.1 Å². The summed E-state index contributed by atoms with van der Waals surface area (Å²) in [6, 6.07) is 40.9. The van der Waals surface area contributed by atoms with Gasteiger partial charge in [-0.15, -0.1) is 0 Å². The first-order valence-electron chi connectivity index (χ1n) is 12.6. The molecule has 0 unspecified atom stereocenters. The number of ether oxygens (including phenoxy) is 2. The molecule has 4 aromatic carbocycles. The molecule has 2 atom stereocenters. The minimum absolute atomic E-state index is 0.110. The first kappa shape index (κ1) is 24.9. The van der Waals surface area contributed by atoms with Crippen LogP contribution in [-0.4, -0.2) is 19.2 Å². The van der Waals surface area contributed by atoms with Crippen LogP contribution in [0.5, 0.6) is 11.5 Å². The second kappa shape index (κ2) is 12.0. The van der Waals surface area contributed by atoms with Gasteiger partial charge in [0.05, 0.1) is 26.3 Å². The number of hydrogen-bond acceptors (Lipinski definition) is 5. The van der Waals surface area contributed by atoms with Gasteiger partial charge in [0.25, 0.3) is 0 Å². The van der Waals surface area contributed by atoms with Crippen molar-refractivity contribution < 1.29 is 9.47 Å². The molecule has 0 amide bonds. The van der Waals surface area contributed by atoms with Crippen LogP contribution in [0.15, 0.2) is 128 Å². The molecule has 5 rings (SSSR count). The summed E-state index contributed by atoms with van der Waals surface area (Å²) in [4.78, 5) is 4.56. The second-order valence-corrected chi connectivity index (χ2v) is 8.93. The van der Waals surface area contributed by atoms with Crippen molar-refractivity contribution in [1.29, 1.82) is 0 Å². The number of rotatable bonds is 10. The largest absolute Gasteiger partial charge is 0.497 e. The summed E-state index contributed by atoms with van der Waals surface area (Å²) in [6.07, 6.45) is 1.81. The van der Waals surface area contributed by atoms with E-state index in [1.165, 1.54) is 0 Å². The van der Waals surface area contributed by atoms with Gasteiger partial charge in [0.1, 0.15) is 17.3 Å². The molecule has 190 valence electrons. The standard InChI is InChI=1S/C33H31N3O2/c1-37-27-21-26(22-28(23-27)38-2)29-17-9-10-18-30(29)35-32(24-13-5-3-6-14-24)33(25-15-7-4-8-16-25)36-31-19-11-12-20-34-31/h3-23,32-33,35H,1-2H3,(H,34,36)/t32-,33-/m0/s1. The molecule has 1 heterocycles. The van der Waals surface area contributed by atoms with Gasteiger partial charge in [-0.05, 0) is 47.0 Å². The zero-order valence-corrected chi connectivity index (χ0v) is 21.5. The zero-order valence-electron chi connectivity index (χ0n) is 21.5. The quantitative estimate of drug-likeness (QED) is 0.205. The second-order valence-electron chi connectivity index (χ2n) is 8.93. The van der Waals surface area contributed by atoms with E-state index < -0.39 is 0 Å². The highest BCUT2D eigenvalue weighted by molar-refractivity contribution is 5.80. The van der Waals surface area contributed by atoms with Gasteiger partial charge in [-0.25, -0.2) is 4.98 Å². The summed E-state index contributed by atoms with van der Waals surface area (Å²) in [7, 11) is 3.34. The lowest BCUT2D eigenvalue weighted by Gasteiger charge is -2.32. The van der Waals surface area contributed by atoms with E-state index in [0.29, 0.717) is 0 Å². The number of nitrogens with one attached hydrogen (secondary N) is 2. The monoisotopic (exact) mass is 501 g/mol. The fourth-order valence-corrected chi connectivity index (χ4v) is 4.64. The van der Waals surface area contributed by atoms with Crippen molar-refractivity contribution >= 4 is 11.5 Å². The molecule has 2 N–H and O–H groups in total. The number of pyridine rings is 1. The SMILES string of the molecule is COc1cc(OC)cc(-c2ccccc2N[C@@H](c2ccccc2)[C@@H](Nc2ccccn2)c2ccccc2)c1. The topological polar surface area (TPSA) is 55.4 Å². The third kappa shape index (κ3) is 5.79. The summed E-state index contributed by atoms with van der Waals surface area (Å²) < 4.78 is 11.1. The van der Waals surface area contributed by atoms with Gasteiger partial charge in [0.15, 0.2) is 0 Å². The molecule has 5 nitrogen and oxygen atoms in total. The molecule has 0 aliphatic rings. The minimum atomic E-state index is -0.116. The molecule has 38 heavy (non-hydrogen) atoms. The molecule has 0 aliphatic carbocycles. The maximum Gasteiger partial charge on any atom is 0.126 e. The molecule has 0 aliphatic heterocycles. The van der Waals surface area contributed by atoms with E-state index in [2.05, 4.69) is 82.3 Å². The Labute approximate surface area is 224 Å². The number of nitrogens with zero attached hydrogens (tertiary/aromatic N) is 1. The lowest BCUT2D eigenvalue weighted by atomic mass is 9.92. The van der Waals surface area contributed by atoms with E-state index in [0.717, 1.165) is 45.3 Å². The van der Waals surface area contributed by atoms with Crippen LogP contribution >= 0.6 is 0 Å². The molecule has 5 aromatic rings. The summed E-state index contributed by atoms with van der Waals surface area (Å²) >= 11 is 0. The number of methoxy groups -OCH3 is 2. The van der Waals surface area contributed by atoms with Crippen LogP contribution in [-0.2, 0) is 0 Å². The van der Waals surface area contributed by atoms with Crippen molar-refractivity contribution in [2.24, 2.45) is 0 Å². The molecular weight excluding hydrogens is 470 g/mol.